The number of hydrogen-bond acceptors (Lipinski definition) is 5. The first-order valence-electron chi connectivity index (χ1n) is 8.47. The maximum atomic E-state index is 14.1. The molecule has 1 aromatic carbocycles. The number of nitrogens with zero attached hydrogens (tertiary/aromatic N) is 2. The number of anilines is 2. The largest absolute Gasteiger partial charge is 0.441 e. The van der Waals surface area contributed by atoms with Gasteiger partial charge in [-0.2, -0.15) is 0 Å². The summed E-state index contributed by atoms with van der Waals surface area (Å²) in [7, 11) is 0. The minimum absolute atomic E-state index is 0.0262. The number of benzene rings is 1. The van der Waals surface area contributed by atoms with Gasteiger partial charge < -0.3 is 9.32 Å². The molecule has 27 heavy (non-hydrogen) atoms. The topological polar surface area (TPSA) is 65.8 Å². The van der Waals surface area contributed by atoms with Gasteiger partial charge in [0.1, 0.15) is 17.2 Å². The average molecular weight is 387 g/mol. The summed E-state index contributed by atoms with van der Waals surface area (Å²) in [5.74, 6) is -1.01. The molecular weight excluding hydrogens is 369 g/mol. The summed E-state index contributed by atoms with van der Waals surface area (Å²) < 4.78 is 19.8. The normalized spacial score (nSPS) is 16.0. The van der Waals surface area contributed by atoms with E-state index in [0.29, 0.717) is 11.6 Å². The minimum Gasteiger partial charge on any atom is -0.441 e. The summed E-state index contributed by atoms with van der Waals surface area (Å²) >= 11 is 5.06. The van der Waals surface area contributed by atoms with Crippen LogP contribution in [-0.4, -0.2) is 30.0 Å². The van der Waals surface area contributed by atoms with Gasteiger partial charge in [0.15, 0.2) is 11.0 Å². The molecule has 2 aromatic rings. The van der Waals surface area contributed by atoms with Crippen molar-refractivity contribution in [2.24, 2.45) is 0 Å². The van der Waals surface area contributed by atoms with Crippen molar-refractivity contribution in [2.75, 3.05) is 22.9 Å². The van der Waals surface area contributed by atoms with Gasteiger partial charge in [-0.05, 0) is 50.3 Å². The van der Waals surface area contributed by atoms with Crippen LogP contribution in [0.1, 0.15) is 19.6 Å². The number of hydrogen-bond donors (Lipinski definition) is 1. The van der Waals surface area contributed by atoms with E-state index in [1.54, 1.807) is 18.2 Å². The van der Waals surface area contributed by atoms with Crippen molar-refractivity contribution >= 4 is 46.8 Å². The third-order valence-electron chi connectivity index (χ3n) is 4.17. The lowest BCUT2D eigenvalue weighted by atomic mass is 10.1. The van der Waals surface area contributed by atoms with Gasteiger partial charge in [-0.1, -0.05) is 12.1 Å². The van der Waals surface area contributed by atoms with E-state index in [0.717, 1.165) is 18.0 Å². The highest BCUT2D eigenvalue weighted by molar-refractivity contribution is 7.80. The van der Waals surface area contributed by atoms with Gasteiger partial charge in [-0.15, -0.1) is 0 Å². The lowest BCUT2D eigenvalue weighted by molar-refractivity contribution is -0.122. The molecule has 2 heterocycles. The Bertz CT molecular complexity index is 934. The zero-order chi connectivity index (χ0) is 19.6. The quantitative estimate of drug-likeness (QED) is 0.485. The molecule has 0 atom stereocenters. The summed E-state index contributed by atoms with van der Waals surface area (Å²) in [5, 5.41) is 2.25. The molecule has 2 amide bonds. The molecule has 0 bridgehead atoms. The van der Waals surface area contributed by atoms with Crippen LogP contribution in [0.5, 0.6) is 0 Å². The maximum absolute atomic E-state index is 14.1. The number of thiocarbonyl (C=S) groups is 1. The number of carbonyl (C=O) groups excluding carboxylic acids is 2. The summed E-state index contributed by atoms with van der Waals surface area (Å²) in [6.45, 7) is 5.51. The van der Waals surface area contributed by atoms with E-state index in [-0.39, 0.29) is 16.4 Å². The van der Waals surface area contributed by atoms with Crippen molar-refractivity contribution in [2.45, 2.75) is 13.8 Å². The Labute approximate surface area is 161 Å². The molecule has 0 saturated carbocycles. The number of amides is 2. The zero-order valence-corrected chi connectivity index (χ0v) is 15.7. The molecule has 1 fully saturated rings. The third-order valence-corrected chi connectivity index (χ3v) is 4.45. The van der Waals surface area contributed by atoms with Crippen molar-refractivity contribution in [3.05, 3.63) is 53.5 Å². The second kappa shape index (κ2) is 7.71. The molecule has 8 heteroatoms. The number of rotatable bonds is 5. The third kappa shape index (κ3) is 3.61. The molecule has 140 valence electrons. The van der Waals surface area contributed by atoms with Gasteiger partial charge in [0, 0.05) is 19.2 Å². The number of para-hydroxylation sites is 1. The molecule has 6 nitrogen and oxygen atoms in total. The highest BCUT2D eigenvalue weighted by atomic mass is 32.1. The number of nitrogens with one attached hydrogen (secondary N) is 1. The smallest absolute Gasteiger partial charge is 0.270 e. The zero-order valence-electron chi connectivity index (χ0n) is 14.9. The Morgan fingerprint density at radius 1 is 1.19 bits per heavy atom. The van der Waals surface area contributed by atoms with Crippen LogP contribution in [0.2, 0.25) is 0 Å². The van der Waals surface area contributed by atoms with Gasteiger partial charge in [0.2, 0.25) is 0 Å². The molecule has 1 saturated heterocycles. The lowest BCUT2D eigenvalue weighted by Gasteiger charge is -2.28. The van der Waals surface area contributed by atoms with Gasteiger partial charge in [0.25, 0.3) is 11.8 Å². The monoisotopic (exact) mass is 387 g/mol. The van der Waals surface area contributed by atoms with Crippen LogP contribution in [0.3, 0.4) is 0 Å². The van der Waals surface area contributed by atoms with Crippen molar-refractivity contribution in [1.82, 2.24) is 5.32 Å². The van der Waals surface area contributed by atoms with Crippen molar-refractivity contribution in [3.63, 3.8) is 0 Å². The van der Waals surface area contributed by atoms with E-state index in [2.05, 4.69) is 5.32 Å². The highest BCUT2D eigenvalue weighted by Crippen LogP contribution is 2.26. The fourth-order valence-electron chi connectivity index (χ4n) is 2.78. The van der Waals surface area contributed by atoms with E-state index < -0.39 is 17.6 Å². The Kier molecular flexibility index (Phi) is 5.36. The summed E-state index contributed by atoms with van der Waals surface area (Å²) in [4.78, 5) is 28.1. The maximum Gasteiger partial charge on any atom is 0.270 e. The van der Waals surface area contributed by atoms with Gasteiger partial charge in [-0.3, -0.25) is 14.9 Å². The first kappa shape index (κ1) is 18.8. The standard InChI is InChI=1S/C19H18FN3O3S/c1-3-22(4-2)16-10-9-12(26-16)11-13-17(24)21-19(27)23(18(13)25)15-8-6-5-7-14(15)20/h5-11H,3-4H2,1-2H3,(H,21,24,27)/b13-11+. The fraction of sp³-hybridized carbons (Fsp3) is 0.211. The first-order valence-corrected chi connectivity index (χ1v) is 8.87. The van der Waals surface area contributed by atoms with Crippen LogP contribution in [-0.2, 0) is 9.59 Å². The number of furan rings is 1. The fourth-order valence-corrected chi connectivity index (χ4v) is 3.05. The molecule has 3 rings (SSSR count). The van der Waals surface area contributed by atoms with E-state index in [4.69, 9.17) is 16.6 Å². The van der Waals surface area contributed by atoms with Crippen LogP contribution in [0.15, 0.2) is 46.4 Å². The molecular formula is C19H18FN3O3S. The molecule has 1 aliphatic heterocycles. The van der Waals surface area contributed by atoms with Crippen LogP contribution in [0, 0.1) is 5.82 Å². The number of halogens is 1. The molecule has 0 unspecified atom stereocenters. The van der Waals surface area contributed by atoms with E-state index >= 15 is 0 Å². The Morgan fingerprint density at radius 2 is 1.89 bits per heavy atom. The van der Waals surface area contributed by atoms with Crippen LogP contribution >= 0.6 is 12.2 Å². The predicted molar refractivity (Wildman–Crippen MR) is 105 cm³/mol. The van der Waals surface area contributed by atoms with Gasteiger partial charge in [-0.25, -0.2) is 9.29 Å². The van der Waals surface area contributed by atoms with Crippen molar-refractivity contribution < 1.29 is 18.4 Å². The second-order valence-corrected chi connectivity index (χ2v) is 6.14. The molecule has 1 aliphatic rings. The molecule has 0 aliphatic carbocycles. The molecule has 0 spiro atoms. The van der Waals surface area contributed by atoms with Crippen molar-refractivity contribution in [1.29, 1.82) is 0 Å². The van der Waals surface area contributed by atoms with Crippen LogP contribution in [0.25, 0.3) is 6.08 Å². The summed E-state index contributed by atoms with van der Waals surface area (Å²) in [5.41, 5.74) is -0.214. The first-order chi connectivity index (χ1) is 13.0. The van der Waals surface area contributed by atoms with E-state index in [1.165, 1.54) is 24.3 Å². The molecule has 1 aromatic heterocycles. The van der Waals surface area contributed by atoms with Crippen LogP contribution < -0.4 is 15.1 Å². The Balaban J connectivity index is 1.96. The SMILES string of the molecule is CCN(CC)c1ccc(/C=C2\C(=O)NC(=S)N(c3ccccc3F)C2=O)o1. The molecule has 1 N–H and O–H groups in total. The number of carbonyl (C=O) groups is 2. The predicted octanol–water partition coefficient (Wildman–Crippen LogP) is 3.10. The second-order valence-electron chi connectivity index (χ2n) is 5.76. The van der Waals surface area contributed by atoms with Gasteiger partial charge >= 0.3 is 0 Å². The van der Waals surface area contributed by atoms with E-state index in [9.17, 15) is 14.0 Å². The summed E-state index contributed by atoms with van der Waals surface area (Å²) in [6, 6.07) is 9.15. The highest BCUT2D eigenvalue weighted by Gasteiger charge is 2.35. The van der Waals surface area contributed by atoms with Gasteiger partial charge in [0.05, 0.1) is 5.69 Å². The average Bonchev–Trinajstić information content (AvgIpc) is 3.09. The minimum atomic E-state index is -0.713. The molecule has 0 radical (unpaired) electrons. The Hall–Kier alpha value is -3.00. The van der Waals surface area contributed by atoms with Crippen LogP contribution in [0.4, 0.5) is 16.0 Å². The Morgan fingerprint density at radius 3 is 2.56 bits per heavy atom. The van der Waals surface area contributed by atoms with Crippen molar-refractivity contribution in [3.8, 4) is 0 Å². The lowest BCUT2D eigenvalue weighted by Crippen LogP contribution is -2.54. The summed E-state index contributed by atoms with van der Waals surface area (Å²) in [6.07, 6.45) is 1.33. The van der Waals surface area contributed by atoms with E-state index in [1.807, 2.05) is 18.7 Å².